The molecule has 0 saturated heterocycles. The second kappa shape index (κ2) is 3.37. The molecule has 76 valence electrons. The zero-order chi connectivity index (χ0) is 10.2. The van der Waals surface area contributed by atoms with E-state index in [-0.39, 0.29) is 12.1 Å². The molecule has 14 heavy (non-hydrogen) atoms. The maximum Gasteiger partial charge on any atom is 0.218 e. The lowest BCUT2D eigenvalue weighted by Gasteiger charge is -2.07. The first-order valence-electron chi connectivity index (χ1n) is 4.53. The predicted octanol–water partition coefficient (Wildman–Crippen LogP) is 1.80. The quantitative estimate of drug-likeness (QED) is 0.810. The molecule has 0 spiro atoms. The molecule has 1 aliphatic rings. The molecule has 2 rings (SSSR count). The van der Waals surface area contributed by atoms with Crippen LogP contribution >= 0.6 is 11.3 Å². The highest BCUT2D eigenvalue weighted by Gasteiger charge is 2.28. The molecule has 3 nitrogen and oxygen atoms in total. The van der Waals surface area contributed by atoms with Gasteiger partial charge in [0, 0.05) is 4.88 Å². The number of hydrogen-bond donors (Lipinski definition) is 1. The number of aliphatic hydroxyl groups excluding tert-OH is 1. The van der Waals surface area contributed by atoms with E-state index in [0.717, 1.165) is 10.4 Å². The van der Waals surface area contributed by atoms with Crippen LogP contribution in [0.3, 0.4) is 0 Å². The number of hydrogen-bond acceptors (Lipinski definition) is 4. The minimum Gasteiger partial charge on any atom is -0.475 e. The average Bonchev–Trinajstić information content (AvgIpc) is 2.70. The van der Waals surface area contributed by atoms with E-state index in [2.05, 4.69) is 4.99 Å². The van der Waals surface area contributed by atoms with Crippen LogP contribution in [0.5, 0.6) is 0 Å². The average molecular weight is 211 g/mol. The van der Waals surface area contributed by atoms with Crippen LogP contribution < -0.4 is 0 Å². The second-order valence-corrected chi connectivity index (χ2v) is 4.93. The van der Waals surface area contributed by atoms with Gasteiger partial charge in [-0.15, -0.1) is 11.3 Å². The van der Waals surface area contributed by atoms with Crippen LogP contribution in [-0.4, -0.2) is 23.2 Å². The van der Waals surface area contributed by atoms with Gasteiger partial charge in [0.15, 0.2) is 0 Å². The molecule has 0 amide bonds. The summed E-state index contributed by atoms with van der Waals surface area (Å²) < 4.78 is 5.50. The van der Waals surface area contributed by atoms with E-state index in [4.69, 9.17) is 9.84 Å². The number of thiophene rings is 1. The molecule has 0 saturated carbocycles. The van der Waals surface area contributed by atoms with E-state index in [0.29, 0.717) is 12.5 Å². The second-order valence-electron chi connectivity index (χ2n) is 3.93. The summed E-state index contributed by atoms with van der Waals surface area (Å²) in [5.41, 5.74) is 0.798. The Morgan fingerprint density at radius 3 is 3.00 bits per heavy atom. The summed E-state index contributed by atoms with van der Waals surface area (Å²) in [5, 5.41) is 11.0. The van der Waals surface area contributed by atoms with Crippen LogP contribution in [0.15, 0.2) is 16.4 Å². The van der Waals surface area contributed by atoms with Crippen LogP contribution in [0.25, 0.3) is 0 Å². The molecule has 0 aromatic carbocycles. The van der Waals surface area contributed by atoms with Gasteiger partial charge in [0.05, 0.1) is 17.7 Å². The minimum atomic E-state index is -0.135. The Hall–Kier alpha value is -0.870. The third kappa shape index (κ3) is 1.67. The predicted molar refractivity (Wildman–Crippen MR) is 56.8 cm³/mol. The molecular weight excluding hydrogens is 198 g/mol. The van der Waals surface area contributed by atoms with E-state index < -0.39 is 0 Å². The van der Waals surface area contributed by atoms with Gasteiger partial charge in [-0.05, 0) is 25.3 Å². The lowest BCUT2D eigenvalue weighted by molar-refractivity contribution is 0.275. The molecule has 1 aromatic rings. The zero-order valence-electron chi connectivity index (χ0n) is 8.28. The van der Waals surface area contributed by atoms with Crippen molar-refractivity contribution in [1.82, 2.24) is 0 Å². The van der Waals surface area contributed by atoms with Gasteiger partial charge in [-0.2, -0.15) is 0 Å². The maximum atomic E-state index is 9.10. The Morgan fingerprint density at radius 1 is 1.64 bits per heavy atom. The SMILES string of the molecule is CC1(C)COC(c2ccsc2CO)=N1. The Kier molecular flexibility index (Phi) is 2.33. The Morgan fingerprint density at radius 2 is 2.43 bits per heavy atom. The molecule has 1 N–H and O–H groups in total. The number of ether oxygens (including phenoxy) is 1. The lowest BCUT2D eigenvalue weighted by atomic mass is 10.1. The van der Waals surface area contributed by atoms with E-state index in [1.54, 1.807) is 0 Å². The lowest BCUT2D eigenvalue weighted by Crippen LogP contribution is -2.17. The minimum absolute atomic E-state index is 0.0514. The molecule has 0 radical (unpaired) electrons. The number of rotatable bonds is 2. The Balaban J connectivity index is 2.33. The highest BCUT2D eigenvalue weighted by atomic mass is 32.1. The fourth-order valence-corrected chi connectivity index (χ4v) is 2.10. The third-order valence-electron chi connectivity index (χ3n) is 2.09. The highest BCUT2D eigenvalue weighted by molar-refractivity contribution is 7.10. The molecule has 4 heteroatoms. The van der Waals surface area contributed by atoms with E-state index in [1.807, 2.05) is 25.3 Å². The summed E-state index contributed by atoms with van der Waals surface area (Å²) >= 11 is 1.53. The fourth-order valence-electron chi connectivity index (χ4n) is 1.38. The fraction of sp³-hybridized carbons (Fsp3) is 0.500. The van der Waals surface area contributed by atoms with Crippen LogP contribution in [0, 0.1) is 0 Å². The van der Waals surface area contributed by atoms with Crippen molar-refractivity contribution in [3.8, 4) is 0 Å². The van der Waals surface area contributed by atoms with Gasteiger partial charge in [-0.3, -0.25) is 0 Å². The first-order chi connectivity index (χ1) is 6.62. The zero-order valence-corrected chi connectivity index (χ0v) is 9.10. The van der Waals surface area contributed by atoms with E-state index in [1.165, 1.54) is 11.3 Å². The summed E-state index contributed by atoms with van der Waals surface area (Å²) in [7, 11) is 0. The van der Waals surface area contributed by atoms with Gasteiger partial charge < -0.3 is 9.84 Å². The van der Waals surface area contributed by atoms with Gasteiger partial charge in [0.1, 0.15) is 6.61 Å². The van der Waals surface area contributed by atoms with Crippen molar-refractivity contribution < 1.29 is 9.84 Å². The molecule has 0 aliphatic carbocycles. The van der Waals surface area contributed by atoms with Crippen molar-refractivity contribution in [2.45, 2.75) is 26.0 Å². The highest BCUT2D eigenvalue weighted by Crippen LogP contribution is 2.25. The van der Waals surface area contributed by atoms with Crippen molar-refractivity contribution in [1.29, 1.82) is 0 Å². The molecule has 1 aromatic heterocycles. The maximum absolute atomic E-state index is 9.10. The van der Waals surface area contributed by atoms with Crippen LogP contribution in [0.1, 0.15) is 24.3 Å². The van der Waals surface area contributed by atoms with Crippen molar-refractivity contribution in [2.75, 3.05) is 6.61 Å². The van der Waals surface area contributed by atoms with Gasteiger partial charge in [-0.25, -0.2) is 4.99 Å². The smallest absolute Gasteiger partial charge is 0.218 e. The van der Waals surface area contributed by atoms with Crippen molar-refractivity contribution in [2.24, 2.45) is 4.99 Å². The molecule has 0 atom stereocenters. The Labute approximate surface area is 87.1 Å². The van der Waals surface area contributed by atoms with Gasteiger partial charge >= 0.3 is 0 Å². The van der Waals surface area contributed by atoms with Crippen molar-refractivity contribution in [3.05, 3.63) is 21.9 Å². The van der Waals surface area contributed by atoms with Crippen LogP contribution in [-0.2, 0) is 11.3 Å². The molecular formula is C10H13NO2S. The number of aliphatic imine (C=N–C) groups is 1. The third-order valence-corrected chi connectivity index (χ3v) is 2.99. The topological polar surface area (TPSA) is 41.8 Å². The monoisotopic (exact) mass is 211 g/mol. The first-order valence-corrected chi connectivity index (χ1v) is 5.40. The van der Waals surface area contributed by atoms with Gasteiger partial charge in [0.25, 0.3) is 0 Å². The molecule has 0 fully saturated rings. The van der Waals surface area contributed by atoms with E-state index >= 15 is 0 Å². The standard InChI is InChI=1S/C10H13NO2S/c1-10(2)6-13-9(11-10)7-3-4-14-8(7)5-12/h3-4,12H,5-6H2,1-2H3. The van der Waals surface area contributed by atoms with E-state index in [9.17, 15) is 0 Å². The summed E-state index contributed by atoms with van der Waals surface area (Å²) in [6.07, 6.45) is 0. The number of nitrogens with zero attached hydrogens (tertiary/aromatic N) is 1. The number of aliphatic hydroxyl groups is 1. The summed E-state index contributed by atoms with van der Waals surface area (Å²) in [4.78, 5) is 5.38. The first kappa shape index (κ1) is 9.68. The summed E-state index contributed by atoms with van der Waals surface area (Å²) in [5.74, 6) is 0.667. The molecule has 0 unspecified atom stereocenters. The largest absolute Gasteiger partial charge is 0.475 e. The van der Waals surface area contributed by atoms with Crippen LogP contribution in [0.4, 0.5) is 0 Å². The van der Waals surface area contributed by atoms with Crippen molar-refractivity contribution >= 4 is 17.2 Å². The molecule has 0 bridgehead atoms. The normalized spacial score (nSPS) is 19.2. The van der Waals surface area contributed by atoms with Gasteiger partial charge in [0.2, 0.25) is 5.90 Å². The van der Waals surface area contributed by atoms with Crippen molar-refractivity contribution in [3.63, 3.8) is 0 Å². The Bertz CT molecular complexity index is 368. The summed E-state index contributed by atoms with van der Waals surface area (Å²) in [6, 6.07) is 1.94. The van der Waals surface area contributed by atoms with Gasteiger partial charge in [-0.1, -0.05) is 0 Å². The van der Waals surface area contributed by atoms with Crippen LogP contribution in [0.2, 0.25) is 0 Å². The molecule has 2 heterocycles. The summed E-state index contributed by atoms with van der Waals surface area (Å²) in [6.45, 7) is 4.73. The molecule has 1 aliphatic heterocycles.